The Hall–Kier alpha value is -2.05. The van der Waals surface area contributed by atoms with Gasteiger partial charge < -0.3 is 15.3 Å². The smallest absolute Gasteiger partial charge is 0.326 e. The predicted molar refractivity (Wildman–Crippen MR) is 69.5 cm³/mol. The molecule has 2 atom stereocenters. The summed E-state index contributed by atoms with van der Waals surface area (Å²) in [6.07, 6.45) is 3.99. The van der Waals surface area contributed by atoms with Crippen molar-refractivity contribution in [1.29, 1.82) is 0 Å². The average Bonchev–Trinajstić information content (AvgIpc) is 2.86. The number of aromatic amines is 1. The van der Waals surface area contributed by atoms with E-state index in [1.807, 2.05) is 6.92 Å². The summed E-state index contributed by atoms with van der Waals surface area (Å²) in [5.74, 6) is -1.14. The third-order valence-electron chi connectivity index (χ3n) is 3.08. The molecule has 0 radical (unpaired) electrons. The number of hydrogen-bond donors (Lipinski definition) is 3. The molecule has 0 spiro atoms. The molecule has 1 unspecified atom stereocenters. The summed E-state index contributed by atoms with van der Waals surface area (Å²) in [5.41, 5.74) is 0.855. The minimum atomic E-state index is -1.01. The maximum absolute atomic E-state index is 11.9. The first-order chi connectivity index (χ1) is 8.95. The number of carboxylic acids is 1. The molecule has 7 nitrogen and oxygen atoms in total. The number of nitrogens with zero attached hydrogens (tertiary/aromatic N) is 2. The second kappa shape index (κ2) is 6.77. The van der Waals surface area contributed by atoms with Crippen LogP contribution in [0.25, 0.3) is 0 Å². The summed E-state index contributed by atoms with van der Waals surface area (Å²) in [5, 5.41) is 18.1. The van der Waals surface area contributed by atoms with E-state index in [4.69, 9.17) is 5.11 Å². The number of aromatic nitrogens is 2. The summed E-state index contributed by atoms with van der Waals surface area (Å²) in [4.78, 5) is 24.5. The summed E-state index contributed by atoms with van der Waals surface area (Å²) < 4.78 is 0. The molecular formula is C12H20N4O3. The zero-order valence-electron chi connectivity index (χ0n) is 11.4. The van der Waals surface area contributed by atoms with E-state index in [-0.39, 0.29) is 5.92 Å². The lowest BCUT2D eigenvalue weighted by Crippen LogP contribution is -2.49. The van der Waals surface area contributed by atoms with E-state index in [9.17, 15) is 9.59 Å². The highest BCUT2D eigenvalue weighted by Crippen LogP contribution is 2.09. The second-order valence-electron chi connectivity index (χ2n) is 4.61. The van der Waals surface area contributed by atoms with Crippen LogP contribution < -0.4 is 5.32 Å². The Bertz CT molecular complexity index is 419. The first-order valence-corrected chi connectivity index (χ1v) is 6.17. The van der Waals surface area contributed by atoms with Gasteiger partial charge in [0.2, 0.25) is 0 Å². The Labute approximate surface area is 112 Å². The molecule has 0 saturated heterocycles. The molecule has 19 heavy (non-hydrogen) atoms. The normalized spacial score (nSPS) is 13.6. The van der Waals surface area contributed by atoms with Gasteiger partial charge in [0.1, 0.15) is 6.04 Å². The highest BCUT2D eigenvalue weighted by atomic mass is 16.4. The van der Waals surface area contributed by atoms with Crippen molar-refractivity contribution >= 4 is 12.0 Å². The van der Waals surface area contributed by atoms with Gasteiger partial charge in [-0.3, -0.25) is 5.10 Å². The quantitative estimate of drug-likeness (QED) is 0.718. The van der Waals surface area contributed by atoms with E-state index in [1.54, 1.807) is 26.4 Å². The van der Waals surface area contributed by atoms with Crippen LogP contribution in [0.1, 0.15) is 25.8 Å². The minimum Gasteiger partial charge on any atom is -0.480 e. The van der Waals surface area contributed by atoms with Gasteiger partial charge in [0, 0.05) is 18.8 Å². The van der Waals surface area contributed by atoms with E-state index < -0.39 is 18.0 Å². The number of carboxylic acid groups (broad SMARTS) is 1. The maximum Gasteiger partial charge on any atom is 0.326 e. The molecule has 1 rings (SSSR count). The molecule has 2 amide bonds. The lowest BCUT2D eigenvalue weighted by molar-refractivity contribution is -0.140. The molecule has 0 bridgehead atoms. The van der Waals surface area contributed by atoms with Crippen molar-refractivity contribution in [3.8, 4) is 0 Å². The fraction of sp³-hybridized carbons (Fsp3) is 0.583. The lowest BCUT2D eigenvalue weighted by atomic mass is 9.99. The molecule has 7 heteroatoms. The molecule has 0 aromatic carbocycles. The van der Waals surface area contributed by atoms with Crippen LogP contribution in [0.15, 0.2) is 12.4 Å². The van der Waals surface area contributed by atoms with Gasteiger partial charge in [-0.25, -0.2) is 9.59 Å². The zero-order valence-corrected chi connectivity index (χ0v) is 11.4. The fourth-order valence-corrected chi connectivity index (χ4v) is 1.64. The Kier molecular flexibility index (Phi) is 5.35. The van der Waals surface area contributed by atoms with E-state index in [0.717, 1.165) is 5.56 Å². The minimum absolute atomic E-state index is 0.122. The Balaban J connectivity index is 2.58. The van der Waals surface area contributed by atoms with E-state index in [1.165, 1.54) is 4.90 Å². The van der Waals surface area contributed by atoms with Crippen molar-refractivity contribution in [2.75, 3.05) is 7.05 Å². The SMILES string of the molecule is CCC(C)[C@H](NC(=O)N(C)Cc1cn[nH]c1)C(=O)O. The zero-order chi connectivity index (χ0) is 14.4. The van der Waals surface area contributed by atoms with Gasteiger partial charge in [0.25, 0.3) is 0 Å². The summed E-state index contributed by atoms with van der Waals surface area (Å²) in [7, 11) is 1.61. The number of amides is 2. The van der Waals surface area contributed by atoms with Gasteiger partial charge in [0.15, 0.2) is 0 Å². The number of aliphatic carboxylic acids is 1. The van der Waals surface area contributed by atoms with Gasteiger partial charge in [0.05, 0.1) is 12.7 Å². The van der Waals surface area contributed by atoms with Gasteiger partial charge in [-0.2, -0.15) is 5.10 Å². The molecule has 3 N–H and O–H groups in total. The molecule has 1 aromatic rings. The van der Waals surface area contributed by atoms with Crippen molar-refractivity contribution < 1.29 is 14.7 Å². The van der Waals surface area contributed by atoms with Crippen molar-refractivity contribution in [3.05, 3.63) is 18.0 Å². The number of H-pyrrole nitrogens is 1. The monoisotopic (exact) mass is 268 g/mol. The van der Waals surface area contributed by atoms with Crippen LogP contribution in [0.5, 0.6) is 0 Å². The third kappa shape index (κ3) is 4.27. The number of urea groups is 1. The van der Waals surface area contributed by atoms with Gasteiger partial charge in [-0.1, -0.05) is 20.3 Å². The van der Waals surface area contributed by atoms with Crippen LogP contribution in [0, 0.1) is 5.92 Å². The lowest BCUT2D eigenvalue weighted by Gasteiger charge is -2.24. The highest BCUT2D eigenvalue weighted by molar-refractivity contribution is 5.82. The highest BCUT2D eigenvalue weighted by Gasteiger charge is 2.26. The number of carbonyl (C=O) groups is 2. The molecule has 1 aromatic heterocycles. The topological polar surface area (TPSA) is 98.3 Å². The van der Waals surface area contributed by atoms with Crippen molar-refractivity contribution in [1.82, 2.24) is 20.4 Å². The van der Waals surface area contributed by atoms with E-state index >= 15 is 0 Å². The molecule has 0 aliphatic heterocycles. The van der Waals surface area contributed by atoms with Gasteiger partial charge >= 0.3 is 12.0 Å². The van der Waals surface area contributed by atoms with E-state index in [2.05, 4.69) is 15.5 Å². The predicted octanol–water partition coefficient (Wildman–Crippen LogP) is 1.05. The van der Waals surface area contributed by atoms with Gasteiger partial charge in [-0.05, 0) is 5.92 Å². The van der Waals surface area contributed by atoms with Gasteiger partial charge in [-0.15, -0.1) is 0 Å². The van der Waals surface area contributed by atoms with Crippen molar-refractivity contribution in [2.45, 2.75) is 32.9 Å². The van der Waals surface area contributed by atoms with Crippen LogP contribution in [0.3, 0.4) is 0 Å². The number of rotatable bonds is 6. The summed E-state index contributed by atoms with van der Waals surface area (Å²) in [6, 6.07) is -1.28. The molecule has 0 saturated carbocycles. The Morgan fingerprint density at radius 3 is 2.74 bits per heavy atom. The molecule has 0 aliphatic rings. The first-order valence-electron chi connectivity index (χ1n) is 6.17. The largest absolute Gasteiger partial charge is 0.480 e. The first kappa shape index (κ1) is 15.0. The second-order valence-corrected chi connectivity index (χ2v) is 4.61. The number of nitrogens with one attached hydrogen (secondary N) is 2. The summed E-state index contributed by atoms with van der Waals surface area (Å²) >= 11 is 0. The maximum atomic E-state index is 11.9. The van der Waals surface area contributed by atoms with Crippen molar-refractivity contribution in [3.63, 3.8) is 0 Å². The number of hydrogen-bond acceptors (Lipinski definition) is 3. The molecule has 1 heterocycles. The van der Waals surface area contributed by atoms with Crippen LogP contribution in [0.4, 0.5) is 4.79 Å². The molecule has 106 valence electrons. The van der Waals surface area contributed by atoms with Crippen LogP contribution >= 0.6 is 0 Å². The summed E-state index contributed by atoms with van der Waals surface area (Å²) in [6.45, 7) is 4.06. The molecule has 0 fully saturated rings. The van der Waals surface area contributed by atoms with Crippen LogP contribution in [0.2, 0.25) is 0 Å². The molecule has 0 aliphatic carbocycles. The van der Waals surface area contributed by atoms with Crippen LogP contribution in [-0.4, -0.2) is 45.3 Å². The third-order valence-corrected chi connectivity index (χ3v) is 3.08. The van der Waals surface area contributed by atoms with Crippen molar-refractivity contribution in [2.24, 2.45) is 5.92 Å². The van der Waals surface area contributed by atoms with E-state index in [0.29, 0.717) is 13.0 Å². The number of carbonyl (C=O) groups excluding carboxylic acids is 1. The Morgan fingerprint density at radius 2 is 2.26 bits per heavy atom. The van der Waals surface area contributed by atoms with Crippen LogP contribution in [-0.2, 0) is 11.3 Å². The average molecular weight is 268 g/mol. The Morgan fingerprint density at radius 1 is 1.58 bits per heavy atom. The molecular weight excluding hydrogens is 248 g/mol. The standard InChI is InChI=1S/C12H20N4O3/c1-4-8(2)10(11(17)18)15-12(19)16(3)7-9-5-13-14-6-9/h5-6,8,10H,4,7H2,1-3H3,(H,13,14)(H,15,19)(H,17,18)/t8?,10-/m0/s1. The fourth-order valence-electron chi connectivity index (χ4n) is 1.64.